The molecule has 1 aromatic rings. The van der Waals surface area contributed by atoms with E-state index in [0.717, 1.165) is 17.7 Å². The molecule has 0 spiro atoms. The van der Waals surface area contributed by atoms with Crippen LogP contribution in [0, 0.1) is 12.3 Å². The molecule has 0 aromatic heterocycles. The lowest BCUT2D eigenvalue weighted by Crippen LogP contribution is -2.19. The van der Waals surface area contributed by atoms with Gasteiger partial charge < -0.3 is 9.84 Å². The Bertz CT molecular complexity index is 329. The molecule has 0 aliphatic carbocycles. The first kappa shape index (κ1) is 12.1. The van der Waals surface area contributed by atoms with Crippen molar-refractivity contribution in [3.05, 3.63) is 29.3 Å². The van der Waals surface area contributed by atoms with E-state index in [-0.39, 0.29) is 12.0 Å². The zero-order chi connectivity index (χ0) is 11.5. The first-order valence-corrected chi connectivity index (χ1v) is 5.23. The lowest BCUT2D eigenvalue weighted by molar-refractivity contribution is 0.159. The van der Waals surface area contributed by atoms with Gasteiger partial charge in [0.15, 0.2) is 0 Å². The van der Waals surface area contributed by atoms with E-state index in [4.69, 9.17) is 4.74 Å². The van der Waals surface area contributed by atoms with E-state index in [9.17, 15) is 5.11 Å². The van der Waals surface area contributed by atoms with Crippen LogP contribution in [0.5, 0.6) is 5.75 Å². The van der Waals surface area contributed by atoms with Crippen molar-refractivity contribution >= 4 is 0 Å². The van der Waals surface area contributed by atoms with E-state index in [1.54, 1.807) is 7.11 Å². The fraction of sp³-hybridized carbons (Fsp3) is 0.538. The number of benzene rings is 1. The van der Waals surface area contributed by atoms with E-state index in [2.05, 4.69) is 26.0 Å². The molecule has 0 saturated carbocycles. The van der Waals surface area contributed by atoms with Crippen LogP contribution in [0.1, 0.15) is 25.0 Å². The van der Waals surface area contributed by atoms with Gasteiger partial charge in [0.1, 0.15) is 5.75 Å². The average molecular weight is 208 g/mol. The van der Waals surface area contributed by atoms with Crippen molar-refractivity contribution in [1.82, 2.24) is 0 Å². The van der Waals surface area contributed by atoms with Gasteiger partial charge in [-0.25, -0.2) is 0 Å². The van der Waals surface area contributed by atoms with Crippen molar-refractivity contribution in [3.8, 4) is 5.75 Å². The number of aryl methyl sites for hydroxylation is 1. The van der Waals surface area contributed by atoms with Crippen LogP contribution < -0.4 is 4.74 Å². The number of hydrogen-bond acceptors (Lipinski definition) is 2. The molecule has 2 nitrogen and oxygen atoms in total. The lowest BCUT2D eigenvalue weighted by Gasteiger charge is -2.21. The van der Waals surface area contributed by atoms with Crippen molar-refractivity contribution in [2.24, 2.45) is 5.41 Å². The van der Waals surface area contributed by atoms with Crippen molar-refractivity contribution in [2.75, 3.05) is 13.7 Å². The smallest absolute Gasteiger partial charge is 0.121 e. The third-order valence-corrected chi connectivity index (χ3v) is 2.57. The van der Waals surface area contributed by atoms with Gasteiger partial charge in [0.2, 0.25) is 0 Å². The quantitative estimate of drug-likeness (QED) is 0.824. The monoisotopic (exact) mass is 208 g/mol. The fourth-order valence-electron chi connectivity index (χ4n) is 1.66. The van der Waals surface area contributed by atoms with Crippen LogP contribution in [-0.4, -0.2) is 18.8 Å². The third-order valence-electron chi connectivity index (χ3n) is 2.57. The molecule has 2 heteroatoms. The summed E-state index contributed by atoms with van der Waals surface area (Å²) >= 11 is 0. The molecule has 0 heterocycles. The minimum Gasteiger partial charge on any atom is -0.496 e. The first-order chi connectivity index (χ1) is 6.98. The van der Waals surface area contributed by atoms with Crippen LogP contribution in [0.3, 0.4) is 0 Å². The minimum atomic E-state index is -0.0545. The van der Waals surface area contributed by atoms with Crippen LogP contribution in [0.25, 0.3) is 0 Å². The Morgan fingerprint density at radius 2 is 2.00 bits per heavy atom. The highest BCUT2D eigenvalue weighted by atomic mass is 16.5. The third kappa shape index (κ3) is 3.24. The van der Waals surface area contributed by atoms with Gasteiger partial charge in [0.05, 0.1) is 7.11 Å². The van der Waals surface area contributed by atoms with Crippen LogP contribution in [-0.2, 0) is 6.42 Å². The van der Waals surface area contributed by atoms with Gasteiger partial charge >= 0.3 is 0 Å². The van der Waals surface area contributed by atoms with E-state index in [0.29, 0.717) is 0 Å². The zero-order valence-electron chi connectivity index (χ0n) is 10.0. The summed E-state index contributed by atoms with van der Waals surface area (Å²) in [7, 11) is 1.68. The van der Waals surface area contributed by atoms with Crippen LogP contribution in [0.4, 0.5) is 0 Å². The van der Waals surface area contributed by atoms with Gasteiger partial charge in [-0.3, -0.25) is 0 Å². The molecular formula is C13H20O2. The molecule has 1 aromatic carbocycles. The Balaban J connectivity index is 2.84. The molecule has 1 rings (SSSR count). The molecule has 0 aliphatic rings. The second kappa shape index (κ2) is 4.67. The van der Waals surface area contributed by atoms with Crippen LogP contribution in [0.15, 0.2) is 18.2 Å². The highest BCUT2D eigenvalue weighted by Gasteiger charge is 2.17. The molecule has 0 fully saturated rings. The number of hydrogen-bond donors (Lipinski definition) is 1. The van der Waals surface area contributed by atoms with Gasteiger partial charge in [0, 0.05) is 6.61 Å². The summed E-state index contributed by atoms with van der Waals surface area (Å²) in [6, 6.07) is 6.16. The van der Waals surface area contributed by atoms with E-state index < -0.39 is 0 Å². The Kier molecular flexibility index (Phi) is 3.75. The van der Waals surface area contributed by atoms with Gasteiger partial charge in [-0.1, -0.05) is 26.0 Å². The standard InChI is InChI=1S/C13H20O2/c1-10-7-11(5-6-12(10)15-4)8-13(2,3)9-14/h5-7,14H,8-9H2,1-4H3. The highest BCUT2D eigenvalue weighted by molar-refractivity contribution is 5.36. The summed E-state index contributed by atoms with van der Waals surface area (Å²) in [4.78, 5) is 0. The molecule has 84 valence electrons. The summed E-state index contributed by atoms with van der Waals surface area (Å²) in [5, 5.41) is 9.20. The SMILES string of the molecule is COc1ccc(CC(C)(C)CO)cc1C. The number of rotatable bonds is 4. The molecule has 0 radical (unpaired) electrons. The molecule has 0 amide bonds. The van der Waals surface area contributed by atoms with E-state index in [1.165, 1.54) is 5.56 Å². The molecular weight excluding hydrogens is 188 g/mol. The summed E-state index contributed by atoms with van der Waals surface area (Å²) in [6.45, 7) is 6.37. The number of aliphatic hydroxyl groups excluding tert-OH is 1. The number of methoxy groups -OCH3 is 1. The number of ether oxygens (including phenoxy) is 1. The predicted molar refractivity (Wildman–Crippen MR) is 62.3 cm³/mol. The topological polar surface area (TPSA) is 29.5 Å². The van der Waals surface area contributed by atoms with Crippen LogP contribution in [0.2, 0.25) is 0 Å². The van der Waals surface area contributed by atoms with Crippen molar-refractivity contribution in [3.63, 3.8) is 0 Å². The highest BCUT2D eigenvalue weighted by Crippen LogP contribution is 2.24. The van der Waals surface area contributed by atoms with Crippen molar-refractivity contribution < 1.29 is 9.84 Å². The molecule has 0 saturated heterocycles. The summed E-state index contributed by atoms with van der Waals surface area (Å²) in [5.74, 6) is 0.917. The number of aliphatic hydroxyl groups is 1. The van der Waals surface area contributed by atoms with Gasteiger partial charge in [-0.05, 0) is 36.0 Å². The molecule has 0 bridgehead atoms. The predicted octanol–water partition coefficient (Wildman–Crippen LogP) is 2.56. The summed E-state index contributed by atoms with van der Waals surface area (Å²) in [6.07, 6.45) is 0.883. The Morgan fingerprint density at radius 1 is 1.33 bits per heavy atom. The summed E-state index contributed by atoms with van der Waals surface area (Å²) < 4.78 is 5.21. The molecule has 0 atom stereocenters. The Morgan fingerprint density at radius 3 is 2.47 bits per heavy atom. The molecule has 0 unspecified atom stereocenters. The normalized spacial score (nSPS) is 11.5. The minimum absolute atomic E-state index is 0.0545. The Hall–Kier alpha value is -1.02. The molecule has 15 heavy (non-hydrogen) atoms. The first-order valence-electron chi connectivity index (χ1n) is 5.23. The fourth-order valence-corrected chi connectivity index (χ4v) is 1.66. The Labute approximate surface area is 91.9 Å². The van der Waals surface area contributed by atoms with E-state index in [1.807, 2.05) is 13.0 Å². The van der Waals surface area contributed by atoms with Crippen LogP contribution >= 0.6 is 0 Å². The molecule has 1 N–H and O–H groups in total. The summed E-state index contributed by atoms with van der Waals surface area (Å²) in [5.41, 5.74) is 2.33. The maximum Gasteiger partial charge on any atom is 0.121 e. The van der Waals surface area contributed by atoms with Gasteiger partial charge in [-0.15, -0.1) is 0 Å². The molecule has 0 aliphatic heterocycles. The second-order valence-electron chi connectivity index (χ2n) is 4.80. The van der Waals surface area contributed by atoms with E-state index >= 15 is 0 Å². The lowest BCUT2D eigenvalue weighted by atomic mass is 9.86. The van der Waals surface area contributed by atoms with Crippen molar-refractivity contribution in [2.45, 2.75) is 27.2 Å². The maximum absolute atomic E-state index is 9.20. The second-order valence-corrected chi connectivity index (χ2v) is 4.80. The maximum atomic E-state index is 9.20. The van der Waals surface area contributed by atoms with Gasteiger partial charge in [-0.2, -0.15) is 0 Å². The largest absolute Gasteiger partial charge is 0.496 e. The van der Waals surface area contributed by atoms with Gasteiger partial charge in [0.25, 0.3) is 0 Å². The zero-order valence-corrected chi connectivity index (χ0v) is 10.0. The average Bonchev–Trinajstić information content (AvgIpc) is 2.17. The van der Waals surface area contributed by atoms with Crippen molar-refractivity contribution in [1.29, 1.82) is 0 Å².